The van der Waals surface area contributed by atoms with Crippen LogP contribution < -0.4 is 0 Å². The van der Waals surface area contributed by atoms with Gasteiger partial charge in [-0.3, -0.25) is 9.69 Å². The molecule has 2 rings (SSSR count). The first-order chi connectivity index (χ1) is 11.7. The van der Waals surface area contributed by atoms with E-state index >= 15 is 0 Å². The molecule has 25 heavy (non-hydrogen) atoms. The average molecular weight is 431 g/mol. The molecule has 1 heterocycles. The molecule has 1 aromatic rings. The molecule has 1 saturated heterocycles. The minimum atomic E-state index is -3.01. The Morgan fingerprint density at radius 1 is 1.32 bits per heavy atom. The predicted octanol–water partition coefficient (Wildman–Crippen LogP) is 2.55. The van der Waals surface area contributed by atoms with Crippen molar-refractivity contribution in [1.82, 2.24) is 9.80 Å². The van der Waals surface area contributed by atoms with Crippen LogP contribution >= 0.6 is 15.9 Å². The van der Waals surface area contributed by atoms with E-state index in [1.54, 1.807) is 4.90 Å². The van der Waals surface area contributed by atoms with E-state index < -0.39 is 9.84 Å². The zero-order valence-corrected chi connectivity index (χ0v) is 17.5. The van der Waals surface area contributed by atoms with E-state index in [0.717, 1.165) is 10.0 Å². The van der Waals surface area contributed by atoms with Gasteiger partial charge in [0.05, 0.1) is 18.1 Å². The molecule has 5 nitrogen and oxygen atoms in total. The molecule has 1 atom stereocenters. The van der Waals surface area contributed by atoms with Crippen molar-refractivity contribution < 1.29 is 13.2 Å². The van der Waals surface area contributed by atoms with Crippen LogP contribution in [0.1, 0.15) is 25.8 Å². The van der Waals surface area contributed by atoms with Gasteiger partial charge in [0.1, 0.15) is 0 Å². The Bertz CT molecular complexity index is 706. The number of sulfone groups is 1. The van der Waals surface area contributed by atoms with Gasteiger partial charge in [-0.05, 0) is 31.0 Å². The zero-order chi connectivity index (χ0) is 18.6. The Morgan fingerprint density at radius 3 is 2.56 bits per heavy atom. The summed E-state index contributed by atoms with van der Waals surface area (Å²) in [6.07, 6.45) is 0.550. The van der Waals surface area contributed by atoms with Crippen molar-refractivity contribution >= 4 is 31.7 Å². The number of carbonyl (C=O) groups excluding carboxylic acids is 1. The number of halogens is 1. The van der Waals surface area contributed by atoms with Crippen molar-refractivity contribution in [2.75, 3.05) is 31.6 Å². The fourth-order valence-corrected chi connectivity index (χ4v) is 5.31. The second-order valence-corrected chi connectivity index (χ2v) is 10.3. The van der Waals surface area contributed by atoms with E-state index in [2.05, 4.69) is 29.8 Å². The third-order valence-electron chi connectivity index (χ3n) is 4.33. The van der Waals surface area contributed by atoms with Crippen molar-refractivity contribution in [3.8, 4) is 0 Å². The minimum absolute atomic E-state index is 0.00496. The maximum absolute atomic E-state index is 12.8. The number of nitrogens with zero attached hydrogens (tertiary/aromatic N) is 2. The summed E-state index contributed by atoms with van der Waals surface area (Å²) in [5.41, 5.74) is 1.12. The first-order valence-corrected chi connectivity index (χ1v) is 11.2. The van der Waals surface area contributed by atoms with Crippen LogP contribution in [0.2, 0.25) is 0 Å². The lowest BCUT2D eigenvalue weighted by molar-refractivity contribution is -0.134. The third kappa shape index (κ3) is 6.08. The Hall–Kier alpha value is -0.920. The molecule has 0 radical (unpaired) electrons. The van der Waals surface area contributed by atoms with Crippen molar-refractivity contribution in [2.45, 2.75) is 32.9 Å². The Labute approximate surface area is 159 Å². The highest BCUT2D eigenvalue weighted by Crippen LogP contribution is 2.20. The minimum Gasteiger partial charge on any atom is -0.337 e. The van der Waals surface area contributed by atoms with Gasteiger partial charge >= 0.3 is 0 Å². The SMILES string of the molecule is CC(C)CN(C(=O)CN(C)Cc1ccccc1Br)[C@H]1CCS(=O)(=O)C1. The second kappa shape index (κ2) is 8.64. The van der Waals surface area contributed by atoms with Gasteiger partial charge in [0, 0.05) is 23.6 Å². The lowest BCUT2D eigenvalue weighted by atomic mass is 10.1. The van der Waals surface area contributed by atoms with Crippen LogP contribution in [-0.4, -0.2) is 61.8 Å². The number of hydrogen-bond donors (Lipinski definition) is 0. The smallest absolute Gasteiger partial charge is 0.237 e. The number of benzene rings is 1. The summed E-state index contributed by atoms with van der Waals surface area (Å²) in [6.45, 7) is 5.64. The summed E-state index contributed by atoms with van der Waals surface area (Å²) in [6, 6.07) is 7.77. The molecule has 1 aliphatic heterocycles. The van der Waals surface area contributed by atoms with Gasteiger partial charge < -0.3 is 4.90 Å². The van der Waals surface area contributed by atoms with Gasteiger partial charge in [-0.25, -0.2) is 8.42 Å². The molecule has 0 N–H and O–H groups in total. The lowest BCUT2D eigenvalue weighted by Crippen LogP contribution is -2.47. The van der Waals surface area contributed by atoms with E-state index in [4.69, 9.17) is 0 Å². The molecular weight excluding hydrogens is 404 g/mol. The average Bonchev–Trinajstić information content (AvgIpc) is 2.86. The standard InChI is InChI=1S/C18H27BrN2O3S/c1-14(2)10-21(16-8-9-25(23,24)13-16)18(22)12-20(3)11-15-6-4-5-7-17(15)19/h4-7,14,16H,8-13H2,1-3H3/t16-/m0/s1. The van der Waals surface area contributed by atoms with Crippen LogP contribution in [0.4, 0.5) is 0 Å². The topological polar surface area (TPSA) is 57.7 Å². The van der Waals surface area contributed by atoms with Gasteiger partial charge in [-0.15, -0.1) is 0 Å². The van der Waals surface area contributed by atoms with Gasteiger partial charge in [-0.2, -0.15) is 0 Å². The molecule has 0 spiro atoms. The first kappa shape index (κ1) is 20.4. The number of carbonyl (C=O) groups is 1. The fraction of sp³-hybridized carbons (Fsp3) is 0.611. The highest BCUT2D eigenvalue weighted by Gasteiger charge is 2.35. The van der Waals surface area contributed by atoms with Gasteiger partial charge in [0.2, 0.25) is 5.91 Å². The monoisotopic (exact) mass is 430 g/mol. The molecule has 0 saturated carbocycles. The summed E-state index contributed by atoms with van der Waals surface area (Å²) >= 11 is 3.53. The summed E-state index contributed by atoms with van der Waals surface area (Å²) in [7, 11) is -1.09. The van der Waals surface area contributed by atoms with E-state index in [1.807, 2.05) is 36.2 Å². The number of amides is 1. The molecule has 0 aromatic heterocycles. The van der Waals surface area contributed by atoms with E-state index in [0.29, 0.717) is 25.4 Å². The van der Waals surface area contributed by atoms with Crippen molar-refractivity contribution in [2.24, 2.45) is 5.92 Å². The Kier molecular flexibility index (Phi) is 7.05. The van der Waals surface area contributed by atoms with Crippen molar-refractivity contribution in [1.29, 1.82) is 0 Å². The quantitative estimate of drug-likeness (QED) is 0.666. The highest BCUT2D eigenvalue weighted by atomic mass is 79.9. The lowest BCUT2D eigenvalue weighted by Gasteiger charge is -2.31. The number of likely N-dealkylation sites (N-methyl/N-ethyl adjacent to an activating group) is 1. The summed E-state index contributed by atoms with van der Waals surface area (Å²) < 4.78 is 24.6. The summed E-state index contributed by atoms with van der Waals surface area (Å²) in [4.78, 5) is 16.6. The Morgan fingerprint density at radius 2 is 2.00 bits per heavy atom. The molecule has 0 unspecified atom stereocenters. The number of rotatable bonds is 7. The molecule has 1 amide bonds. The molecule has 1 fully saturated rings. The van der Waals surface area contributed by atoms with E-state index in [1.165, 1.54) is 0 Å². The Balaban J connectivity index is 2.02. The summed E-state index contributed by atoms with van der Waals surface area (Å²) in [5.74, 6) is 0.595. The van der Waals surface area contributed by atoms with E-state index in [-0.39, 0.29) is 30.0 Å². The van der Waals surface area contributed by atoms with Gasteiger partial charge in [0.15, 0.2) is 9.84 Å². The molecule has 0 aliphatic carbocycles. The summed E-state index contributed by atoms with van der Waals surface area (Å²) in [5, 5.41) is 0. The maximum Gasteiger partial charge on any atom is 0.237 e. The van der Waals surface area contributed by atoms with Crippen LogP contribution in [0.15, 0.2) is 28.7 Å². The molecule has 1 aromatic carbocycles. The maximum atomic E-state index is 12.8. The number of hydrogen-bond acceptors (Lipinski definition) is 4. The normalized spacial score (nSPS) is 19.5. The van der Waals surface area contributed by atoms with Crippen LogP contribution in [0.25, 0.3) is 0 Å². The van der Waals surface area contributed by atoms with Crippen LogP contribution in [-0.2, 0) is 21.2 Å². The van der Waals surface area contributed by atoms with E-state index in [9.17, 15) is 13.2 Å². The molecule has 1 aliphatic rings. The molecule has 140 valence electrons. The van der Waals surface area contributed by atoms with Crippen LogP contribution in [0.3, 0.4) is 0 Å². The zero-order valence-electron chi connectivity index (χ0n) is 15.1. The molecular formula is C18H27BrN2O3S. The first-order valence-electron chi connectivity index (χ1n) is 8.60. The van der Waals surface area contributed by atoms with Crippen LogP contribution in [0, 0.1) is 5.92 Å². The van der Waals surface area contributed by atoms with Crippen LogP contribution in [0.5, 0.6) is 0 Å². The molecule has 7 heteroatoms. The third-order valence-corrected chi connectivity index (χ3v) is 6.86. The highest BCUT2D eigenvalue weighted by molar-refractivity contribution is 9.10. The second-order valence-electron chi connectivity index (χ2n) is 7.26. The van der Waals surface area contributed by atoms with Crippen molar-refractivity contribution in [3.63, 3.8) is 0 Å². The van der Waals surface area contributed by atoms with Crippen molar-refractivity contribution in [3.05, 3.63) is 34.3 Å². The van der Waals surface area contributed by atoms with Gasteiger partial charge in [0.25, 0.3) is 0 Å². The fourth-order valence-electron chi connectivity index (χ4n) is 3.16. The molecule has 0 bridgehead atoms. The van der Waals surface area contributed by atoms with Gasteiger partial charge in [-0.1, -0.05) is 48.0 Å². The predicted molar refractivity (Wildman–Crippen MR) is 104 cm³/mol. The largest absolute Gasteiger partial charge is 0.337 e.